The van der Waals surface area contributed by atoms with Crippen molar-refractivity contribution in [2.45, 2.75) is 12.3 Å². The molecule has 0 radical (unpaired) electrons. The van der Waals surface area contributed by atoms with Gasteiger partial charge < -0.3 is 10.8 Å². The summed E-state index contributed by atoms with van der Waals surface area (Å²) in [5, 5.41) is 8.59. The molecule has 0 amide bonds. The van der Waals surface area contributed by atoms with Crippen LogP contribution in [0, 0.1) is 0 Å². The van der Waals surface area contributed by atoms with Gasteiger partial charge in [0.05, 0.1) is 6.42 Å². The van der Waals surface area contributed by atoms with Gasteiger partial charge in [-0.1, -0.05) is 6.07 Å². The number of hydrogen-bond donors (Lipinski definition) is 2. The zero-order valence-electron chi connectivity index (χ0n) is 6.96. The number of benzene rings is 1. The summed E-state index contributed by atoms with van der Waals surface area (Å²) in [6.45, 7) is 0. The quantitative estimate of drug-likeness (QED) is 0.575. The molecule has 3 nitrogen and oxygen atoms in total. The second-order valence-electron chi connectivity index (χ2n) is 2.73. The molecule has 0 aliphatic carbocycles. The SMILES string of the molecule is Nc1ccc(CCl)c(CC(=O)O)c1. The van der Waals surface area contributed by atoms with Gasteiger partial charge in [-0.3, -0.25) is 4.79 Å². The summed E-state index contributed by atoms with van der Waals surface area (Å²) in [6.07, 6.45) is -0.0346. The molecule has 0 saturated heterocycles. The van der Waals surface area contributed by atoms with E-state index in [1.807, 2.05) is 0 Å². The van der Waals surface area contributed by atoms with E-state index in [9.17, 15) is 4.79 Å². The van der Waals surface area contributed by atoms with E-state index in [0.717, 1.165) is 5.56 Å². The minimum absolute atomic E-state index is 0.0346. The van der Waals surface area contributed by atoms with Gasteiger partial charge in [0.1, 0.15) is 0 Å². The minimum atomic E-state index is -0.878. The van der Waals surface area contributed by atoms with Crippen molar-refractivity contribution in [1.82, 2.24) is 0 Å². The lowest BCUT2D eigenvalue weighted by molar-refractivity contribution is -0.136. The fraction of sp³-hybridized carbons (Fsp3) is 0.222. The van der Waals surface area contributed by atoms with Crippen molar-refractivity contribution in [1.29, 1.82) is 0 Å². The lowest BCUT2D eigenvalue weighted by Gasteiger charge is -2.05. The molecular weight excluding hydrogens is 190 g/mol. The Balaban J connectivity index is 3.01. The molecule has 0 heterocycles. The Morgan fingerprint density at radius 3 is 2.69 bits per heavy atom. The largest absolute Gasteiger partial charge is 0.481 e. The van der Waals surface area contributed by atoms with E-state index < -0.39 is 5.97 Å². The van der Waals surface area contributed by atoms with Crippen molar-refractivity contribution in [3.05, 3.63) is 29.3 Å². The molecule has 13 heavy (non-hydrogen) atoms. The average Bonchev–Trinajstić information content (AvgIpc) is 2.03. The third kappa shape index (κ3) is 2.63. The van der Waals surface area contributed by atoms with Gasteiger partial charge in [-0.25, -0.2) is 0 Å². The van der Waals surface area contributed by atoms with Gasteiger partial charge in [0, 0.05) is 11.6 Å². The molecule has 0 aromatic heterocycles. The second-order valence-corrected chi connectivity index (χ2v) is 3.00. The van der Waals surface area contributed by atoms with Crippen LogP contribution in [0.25, 0.3) is 0 Å². The summed E-state index contributed by atoms with van der Waals surface area (Å²) in [6, 6.07) is 5.11. The van der Waals surface area contributed by atoms with E-state index in [1.165, 1.54) is 0 Å². The highest BCUT2D eigenvalue weighted by Crippen LogP contribution is 2.16. The van der Waals surface area contributed by atoms with Crippen molar-refractivity contribution in [3.63, 3.8) is 0 Å². The first-order valence-corrected chi connectivity index (χ1v) is 4.32. The molecule has 0 spiro atoms. The number of aliphatic carboxylic acids is 1. The minimum Gasteiger partial charge on any atom is -0.481 e. The zero-order chi connectivity index (χ0) is 9.84. The molecule has 0 aliphatic heterocycles. The van der Waals surface area contributed by atoms with Crippen molar-refractivity contribution in [2.75, 3.05) is 5.73 Å². The molecule has 0 aliphatic rings. The van der Waals surface area contributed by atoms with Gasteiger partial charge in [-0.2, -0.15) is 0 Å². The Morgan fingerprint density at radius 1 is 1.46 bits per heavy atom. The molecule has 1 aromatic rings. The van der Waals surface area contributed by atoms with Crippen molar-refractivity contribution in [2.24, 2.45) is 0 Å². The maximum Gasteiger partial charge on any atom is 0.307 e. The summed E-state index contributed by atoms with van der Waals surface area (Å²) in [5.74, 6) is -0.569. The average molecular weight is 200 g/mol. The molecule has 1 aromatic carbocycles. The molecule has 0 saturated carbocycles. The van der Waals surface area contributed by atoms with Crippen LogP contribution in [0.3, 0.4) is 0 Å². The third-order valence-electron chi connectivity index (χ3n) is 1.72. The van der Waals surface area contributed by atoms with Gasteiger partial charge in [0.2, 0.25) is 0 Å². The number of nitrogens with two attached hydrogens (primary N) is 1. The predicted octanol–water partition coefficient (Wildman–Crippen LogP) is 1.63. The fourth-order valence-electron chi connectivity index (χ4n) is 1.10. The van der Waals surface area contributed by atoms with Crippen LogP contribution in [-0.2, 0) is 17.1 Å². The first-order chi connectivity index (χ1) is 6.13. The number of carboxylic acid groups (broad SMARTS) is 1. The van der Waals surface area contributed by atoms with Crippen LogP contribution in [0.15, 0.2) is 18.2 Å². The van der Waals surface area contributed by atoms with E-state index in [0.29, 0.717) is 17.1 Å². The lowest BCUT2D eigenvalue weighted by atomic mass is 10.1. The molecule has 3 N–H and O–H groups in total. The van der Waals surface area contributed by atoms with Crippen LogP contribution < -0.4 is 5.73 Å². The Kier molecular flexibility index (Phi) is 3.14. The van der Waals surface area contributed by atoms with Crippen LogP contribution >= 0.6 is 11.6 Å². The van der Waals surface area contributed by atoms with E-state index in [2.05, 4.69) is 0 Å². The van der Waals surface area contributed by atoms with Crippen LogP contribution in [0.4, 0.5) is 5.69 Å². The maximum absolute atomic E-state index is 10.5. The first-order valence-electron chi connectivity index (χ1n) is 3.78. The van der Waals surface area contributed by atoms with Gasteiger partial charge in [0.25, 0.3) is 0 Å². The number of hydrogen-bond acceptors (Lipinski definition) is 2. The van der Waals surface area contributed by atoms with Gasteiger partial charge in [0.15, 0.2) is 0 Å². The molecule has 0 bridgehead atoms. The maximum atomic E-state index is 10.5. The van der Waals surface area contributed by atoms with Crippen molar-refractivity contribution >= 4 is 23.3 Å². The highest BCUT2D eigenvalue weighted by molar-refractivity contribution is 6.17. The highest BCUT2D eigenvalue weighted by Gasteiger charge is 2.06. The lowest BCUT2D eigenvalue weighted by Crippen LogP contribution is -2.03. The van der Waals surface area contributed by atoms with Crippen LogP contribution in [0.1, 0.15) is 11.1 Å². The Morgan fingerprint density at radius 2 is 2.15 bits per heavy atom. The highest BCUT2D eigenvalue weighted by atomic mass is 35.5. The molecule has 0 atom stereocenters. The smallest absolute Gasteiger partial charge is 0.307 e. The summed E-state index contributed by atoms with van der Waals surface area (Å²) < 4.78 is 0. The number of carboxylic acids is 1. The van der Waals surface area contributed by atoms with Crippen LogP contribution in [0.5, 0.6) is 0 Å². The molecule has 0 fully saturated rings. The molecule has 1 rings (SSSR count). The molecular formula is C9H10ClNO2. The van der Waals surface area contributed by atoms with E-state index in [4.69, 9.17) is 22.4 Å². The Bertz CT molecular complexity index is 325. The zero-order valence-corrected chi connectivity index (χ0v) is 7.71. The number of halogens is 1. The first kappa shape index (κ1) is 9.86. The number of anilines is 1. The van der Waals surface area contributed by atoms with Crippen molar-refractivity contribution in [3.8, 4) is 0 Å². The third-order valence-corrected chi connectivity index (χ3v) is 2.00. The Hall–Kier alpha value is -1.22. The van der Waals surface area contributed by atoms with Gasteiger partial charge in [-0.15, -0.1) is 11.6 Å². The van der Waals surface area contributed by atoms with Gasteiger partial charge in [-0.05, 0) is 23.3 Å². The summed E-state index contributed by atoms with van der Waals surface area (Å²) in [4.78, 5) is 10.5. The standard InChI is InChI=1S/C9H10ClNO2/c10-5-6-1-2-8(11)3-7(6)4-9(12)13/h1-3H,4-5,11H2,(H,12,13). The second kappa shape index (κ2) is 4.14. The number of rotatable bonds is 3. The number of carbonyl (C=O) groups is 1. The van der Waals surface area contributed by atoms with Gasteiger partial charge >= 0.3 is 5.97 Å². The number of nitrogen functional groups attached to an aromatic ring is 1. The summed E-state index contributed by atoms with van der Waals surface area (Å²) in [7, 11) is 0. The predicted molar refractivity (Wildman–Crippen MR) is 51.8 cm³/mol. The summed E-state index contributed by atoms with van der Waals surface area (Å²) in [5.41, 5.74) is 7.58. The topological polar surface area (TPSA) is 63.3 Å². The van der Waals surface area contributed by atoms with E-state index in [-0.39, 0.29) is 6.42 Å². The van der Waals surface area contributed by atoms with E-state index >= 15 is 0 Å². The normalized spacial score (nSPS) is 9.92. The Labute approximate surface area is 81.1 Å². The summed E-state index contributed by atoms with van der Waals surface area (Å²) >= 11 is 5.63. The molecule has 70 valence electrons. The number of alkyl halides is 1. The van der Waals surface area contributed by atoms with Crippen LogP contribution in [0.2, 0.25) is 0 Å². The van der Waals surface area contributed by atoms with Crippen molar-refractivity contribution < 1.29 is 9.90 Å². The fourth-order valence-corrected chi connectivity index (χ4v) is 1.36. The molecule has 0 unspecified atom stereocenters. The monoisotopic (exact) mass is 199 g/mol. The molecule has 4 heteroatoms. The van der Waals surface area contributed by atoms with Crippen LogP contribution in [-0.4, -0.2) is 11.1 Å². The van der Waals surface area contributed by atoms with E-state index in [1.54, 1.807) is 18.2 Å².